The van der Waals surface area contributed by atoms with Crippen molar-refractivity contribution >= 4 is 5.91 Å². The van der Waals surface area contributed by atoms with Crippen molar-refractivity contribution in [3.05, 3.63) is 24.2 Å². The molecule has 5 heteroatoms. The van der Waals surface area contributed by atoms with E-state index in [9.17, 15) is 9.90 Å². The first-order valence-electron chi connectivity index (χ1n) is 12.5. The summed E-state index contributed by atoms with van der Waals surface area (Å²) in [5, 5.41) is 11.3. The number of carbonyl (C=O) groups excluding carboxylic acids is 1. The van der Waals surface area contributed by atoms with Gasteiger partial charge in [-0.05, 0) is 63.5 Å². The van der Waals surface area contributed by atoms with Crippen LogP contribution in [0.5, 0.6) is 0 Å². The smallest absolute Gasteiger partial charge is 0.237 e. The minimum absolute atomic E-state index is 0.280. The van der Waals surface area contributed by atoms with Gasteiger partial charge in [-0.1, -0.05) is 38.5 Å². The van der Waals surface area contributed by atoms with Crippen LogP contribution in [-0.2, 0) is 10.4 Å². The van der Waals surface area contributed by atoms with Gasteiger partial charge in [0.25, 0.3) is 0 Å². The molecule has 166 valence electrons. The van der Waals surface area contributed by atoms with Gasteiger partial charge in [0.1, 0.15) is 11.4 Å². The molecule has 2 saturated carbocycles. The van der Waals surface area contributed by atoms with Gasteiger partial charge in [0.2, 0.25) is 5.91 Å². The molecule has 4 aliphatic rings. The summed E-state index contributed by atoms with van der Waals surface area (Å²) in [7, 11) is 0. The lowest BCUT2D eigenvalue weighted by Crippen LogP contribution is -2.56. The van der Waals surface area contributed by atoms with Gasteiger partial charge in [-0.25, -0.2) is 0 Å². The maximum atomic E-state index is 13.7. The number of hydrogen-bond acceptors (Lipinski definition) is 4. The van der Waals surface area contributed by atoms with E-state index in [4.69, 9.17) is 4.42 Å². The minimum atomic E-state index is -0.874. The zero-order chi connectivity index (χ0) is 20.6. The van der Waals surface area contributed by atoms with Crippen molar-refractivity contribution in [2.24, 2.45) is 0 Å². The van der Waals surface area contributed by atoms with Gasteiger partial charge in [0.15, 0.2) is 0 Å². The highest BCUT2D eigenvalue weighted by atomic mass is 16.4. The van der Waals surface area contributed by atoms with Crippen LogP contribution in [-0.4, -0.2) is 51.5 Å². The normalized spacial score (nSPS) is 33.6. The molecule has 0 unspecified atom stereocenters. The number of rotatable bonds is 5. The molecule has 30 heavy (non-hydrogen) atoms. The summed E-state index contributed by atoms with van der Waals surface area (Å²) >= 11 is 0. The molecule has 2 bridgehead atoms. The topological polar surface area (TPSA) is 56.9 Å². The van der Waals surface area contributed by atoms with Crippen LogP contribution < -0.4 is 0 Å². The van der Waals surface area contributed by atoms with Crippen LogP contribution in [0.2, 0.25) is 0 Å². The molecule has 3 heterocycles. The van der Waals surface area contributed by atoms with Crippen LogP contribution in [0.25, 0.3) is 0 Å². The van der Waals surface area contributed by atoms with E-state index in [1.54, 1.807) is 6.26 Å². The number of hydrogen-bond donors (Lipinski definition) is 1. The van der Waals surface area contributed by atoms with Crippen LogP contribution in [0.3, 0.4) is 0 Å². The molecular formula is C25H38N2O3. The Morgan fingerprint density at radius 3 is 2.03 bits per heavy atom. The van der Waals surface area contributed by atoms with E-state index in [1.165, 1.54) is 64.2 Å². The SMILES string of the molecule is O=C(CN1[C@@H]2CC[C@@H]1CC(O)(c1ccco1)C2)N(C1CCCCC1)C1CCCCC1. The Labute approximate surface area is 180 Å². The molecule has 0 aromatic carbocycles. The molecule has 2 saturated heterocycles. The van der Waals surface area contributed by atoms with E-state index < -0.39 is 5.60 Å². The third-order valence-corrected chi connectivity index (χ3v) is 8.44. The molecule has 5 nitrogen and oxygen atoms in total. The lowest BCUT2D eigenvalue weighted by atomic mass is 9.84. The van der Waals surface area contributed by atoms with Crippen molar-refractivity contribution in [1.82, 2.24) is 9.80 Å². The Bertz CT molecular complexity index is 674. The average molecular weight is 415 g/mol. The second-order valence-corrected chi connectivity index (χ2v) is 10.4. The number of carbonyl (C=O) groups is 1. The maximum Gasteiger partial charge on any atom is 0.237 e. The fraction of sp³-hybridized carbons (Fsp3) is 0.800. The average Bonchev–Trinajstić information content (AvgIpc) is 3.39. The second kappa shape index (κ2) is 8.66. The summed E-state index contributed by atoms with van der Waals surface area (Å²) in [6.07, 6.45) is 17.6. The lowest BCUT2D eigenvalue weighted by Gasteiger charge is -2.46. The second-order valence-electron chi connectivity index (χ2n) is 10.4. The molecular weight excluding hydrogens is 376 g/mol. The van der Waals surface area contributed by atoms with Crippen molar-refractivity contribution in [3.8, 4) is 0 Å². The fourth-order valence-electron chi connectivity index (χ4n) is 6.98. The summed E-state index contributed by atoms with van der Waals surface area (Å²) in [6, 6.07) is 5.23. The monoisotopic (exact) mass is 414 g/mol. The summed E-state index contributed by atoms with van der Waals surface area (Å²) in [4.78, 5) is 18.5. The van der Waals surface area contributed by atoms with Gasteiger partial charge in [-0.2, -0.15) is 0 Å². The van der Waals surface area contributed by atoms with Crippen LogP contribution >= 0.6 is 0 Å². The van der Waals surface area contributed by atoms with Crippen molar-refractivity contribution in [2.75, 3.05) is 6.54 Å². The molecule has 5 rings (SSSR count). The first-order valence-corrected chi connectivity index (χ1v) is 12.5. The largest absolute Gasteiger partial charge is 0.466 e. The van der Waals surface area contributed by atoms with Gasteiger partial charge >= 0.3 is 0 Å². The number of nitrogens with zero attached hydrogens (tertiary/aromatic N) is 2. The standard InChI is InChI=1S/C25H38N2O3/c28-24(27(19-8-3-1-4-9-19)20-10-5-2-6-11-20)18-26-21-13-14-22(26)17-25(29,16-21)23-12-7-15-30-23/h7,12,15,19-22,29H,1-6,8-11,13-14,16-18H2/t21-,22-/m1/s1. The van der Waals surface area contributed by atoms with Crippen molar-refractivity contribution in [2.45, 2.75) is 120 Å². The Morgan fingerprint density at radius 2 is 1.53 bits per heavy atom. The van der Waals surface area contributed by atoms with Gasteiger partial charge in [0.05, 0.1) is 12.8 Å². The highest BCUT2D eigenvalue weighted by Crippen LogP contribution is 2.46. The summed E-state index contributed by atoms with van der Waals surface area (Å²) in [5.74, 6) is 1.05. The van der Waals surface area contributed by atoms with Crippen molar-refractivity contribution < 1.29 is 14.3 Å². The van der Waals surface area contributed by atoms with Crippen LogP contribution in [0.15, 0.2) is 22.8 Å². The first kappa shape index (κ1) is 20.6. The first-order chi connectivity index (χ1) is 14.6. The minimum Gasteiger partial charge on any atom is -0.466 e. The molecule has 4 fully saturated rings. The van der Waals surface area contributed by atoms with Crippen LogP contribution in [0.4, 0.5) is 0 Å². The molecule has 2 atom stereocenters. The lowest BCUT2D eigenvalue weighted by molar-refractivity contribution is -0.143. The molecule has 1 aromatic heterocycles. The molecule has 0 radical (unpaired) electrons. The van der Waals surface area contributed by atoms with Gasteiger partial charge < -0.3 is 14.4 Å². The third-order valence-electron chi connectivity index (χ3n) is 8.44. The summed E-state index contributed by atoms with van der Waals surface area (Å²) in [5.41, 5.74) is -0.874. The number of amides is 1. The number of aliphatic hydroxyl groups is 1. The van der Waals surface area contributed by atoms with E-state index in [0.717, 1.165) is 12.8 Å². The Hall–Kier alpha value is -1.33. The van der Waals surface area contributed by atoms with E-state index in [0.29, 0.717) is 43.1 Å². The molecule has 1 aromatic rings. The quantitative estimate of drug-likeness (QED) is 0.766. The number of fused-ring (bicyclic) bond motifs is 2. The number of piperidine rings is 1. The van der Waals surface area contributed by atoms with Crippen LogP contribution in [0.1, 0.15) is 95.7 Å². The van der Waals surface area contributed by atoms with Gasteiger partial charge in [-0.3, -0.25) is 9.69 Å². The van der Waals surface area contributed by atoms with Gasteiger partial charge in [0, 0.05) is 24.2 Å². The molecule has 1 N–H and O–H groups in total. The van der Waals surface area contributed by atoms with E-state index in [-0.39, 0.29) is 12.1 Å². The molecule has 2 aliphatic carbocycles. The molecule has 0 spiro atoms. The Balaban J connectivity index is 1.29. The van der Waals surface area contributed by atoms with Crippen molar-refractivity contribution in [1.29, 1.82) is 0 Å². The highest BCUT2D eigenvalue weighted by Gasteiger charge is 2.50. The molecule has 1 amide bonds. The third kappa shape index (κ3) is 3.95. The predicted molar refractivity (Wildman–Crippen MR) is 116 cm³/mol. The zero-order valence-corrected chi connectivity index (χ0v) is 18.3. The van der Waals surface area contributed by atoms with E-state index >= 15 is 0 Å². The number of furan rings is 1. The Kier molecular flexibility index (Phi) is 5.94. The predicted octanol–water partition coefficient (Wildman–Crippen LogP) is 4.59. The van der Waals surface area contributed by atoms with Crippen molar-refractivity contribution in [3.63, 3.8) is 0 Å². The summed E-state index contributed by atoms with van der Waals surface area (Å²) < 4.78 is 5.57. The van der Waals surface area contributed by atoms with E-state index in [2.05, 4.69) is 9.80 Å². The fourth-order valence-corrected chi connectivity index (χ4v) is 6.98. The highest BCUT2D eigenvalue weighted by molar-refractivity contribution is 5.79. The van der Waals surface area contributed by atoms with E-state index in [1.807, 2.05) is 12.1 Å². The van der Waals surface area contributed by atoms with Crippen LogP contribution in [0, 0.1) is 0 Å². The summed E-state index contributed by atoms with van der Waals surface area (Å²) in [6.45, 7) is 0.538. The maximum absolute atomic E-state index is 13.7. The Morgan fingerprint density at radius 1 is 0.967 bits per heavy atom. The zero-order valence-electron chi connectivity index (χ0n) is 18.3. The van der Waals surface area contributed by atoms with Gasteiger partial charge in [-0.15, -0.1) is 0 Å². The molecule has 2 aliphatic heterocycles.